The molecule has 28 heavy (non-hydrogen) atoms. The Labute approximate surface area is 173 Å². The van der Waals surface area contributed by atoms with Crippen LogP contribution in [0.5, 0.6) is 0 Å². The second kappa shape index (κ2) is 12.1. The molecule has 0 unspecified atom stereocenters. The zero-order valence-electron chi connectivity index (χ0n) is 16.7. The van der Waals surface area contributed by atoms with E-state index in [9.17, 15) is 4.79 Å². The molecule has 0 atom stereocenters. The minimum atomic E-state index is -0.290. The maximum atomic E-state index is 12.1. The average molecular weight is 401 g/mol. The van der Waals surface area contributed by atoms with E-state index >= 15 is 0 Å². The molecule has 6 heteroatoms. The van der Waals surface area contributed by atoms with Gasteiger partial charge in [0.15, 0.2) is 5.11 Å². The smallest absolute Gasteiger partial charge is 0.338 e. The second-order valence-corrected chi connectivity index (χ2v) is 6.95. The lowest BCUT2D eigenvalue weighted by Gasteiger charge is -2.15. The van der Waals surface area contributed by atoms with E-state index in [0.29, 0.717) is 17.3 Å². The third kappa shape index (κ3) is 7.66. The number of anilines is 1. The van der Waals surface area contributed by atoms with Crippen LogP contribution >= 0.6 is 12.2 Å². The Morgan fingerprint density at radius 1 is 1.04 bits per heavy atom. The standard InChI is InChI=1S/C22H29N3O2S/c1-3-25(4-2)16-17-27-21(26)19-10-12-20(13-11-19)24-22(28)23-15-14-18-8-6-5-7-9-18/h5-13H,3-4,14-17H2,1-2H3,(H2,23,24,28)/p+1. The molecule has 0 aliphatic rings. The number of rotatable bonds is 10. The highest BCUT2D eigenvalue weighted by molar-refractivity contribution is 7.80. The molecule has 0 aliphatic heterocycles. The van der Waals surface area contributed by atoms with Crippen molar-refractivity contribution in [3.8, 4) is 0 Å². The second-order valence-electron chi connectivity index (χ2n) is 6.54. The van der Waals surface area contributed by atoms with Gasteiger partial charge in [0.1, 0.15) is 13.2 Å². The van der Waals surface area contributed by atoms with Gasteiger partial charge in [0, 0.05) is 12.2 Å². The summed E-state index contributed by atoms with van der Waals surface area (Å²) in [5.41, 5.74) is 2.65. The van der Waals surface area contributed by atoms with Crippen molar-refractivity contribution in [3.63, 3.8) is 0 Å². The van der Waals surface area contributed by atoms with Crippen molar-refractivity contribution in [1.82, 2.24) is 5.32 Å². The summed E-state index contributed by atoms with van der Waals surface area (Å²) >= 11 is 5.32. The largest absolute Gasteiger partial charge is 0.456 e. The van der Waals surface area contributed by atoms with Crippen LogP contribution in [0.25, 0.3) is 0 Å². The zero-order valence-corrected chi connectivity index (χ0v) is 17.5. The first-order chi connectivity index (χ1) is 13.6. The first-order valence-corrected chi connectivity index (χ1v) is 10.2. The monoisotopic (exact) mass is 400 g/mol. The van der Waals surface area contributed by atoms with Crippen LogP contribution in [0.3, 0.4) is 0 Å². The highest BCUT2D eigenvalue weighted by Gasteiger charge is 2.09. The molecule has 0 saturated heterocycles. The van der Waals surface area contributed by atoms with Gasteiger partial charge < -0.3 is 20.3 Å². The van der Waals surface area contributed by atoms with Gasteiger partial charge in [-0.3, -0.25) is 0 Å². The Balaban J connectivity index is 1.72. The number of ether oxygens (including phenoxy) is 1. The van der Waals surface area contributed by atoms with Crippen molar-refractivity contribution >= 4 is 29.0 Å². The fourth-order valence-corrected chi connectivity index (χ4v) is 3.02. The van der Waals surface area contributed by atoms with Gasteiger partial charge in [-0.05, 0) is 62.3 Å². The fraction of sp³-hybridized carbons (Fsp3) is 0.364. The van der Waals surface area contributed by atoms with Gasteiger partial charge in [-0.25, -0.2) is 4.79 Å². The van der Waals surface area contributed by atoms with E-state index in [4.69, 9.17) is 17.0 Å². The Bertz CT molecular complexity index is 731. The molecule has 2 rings (SSSR count). The first-order valence-electron chi connectivity index (χ1n) is 9.82. The van der Waals surface area contributed by atoms with Gasteiger partial charge in [0.05, 0.1) is 18.7 Å². The number of quaternary nitrogens is 1. The minimum absolute atomic E-state index is 0.290. The molecule has 2 aromatic rings. The maximum Gasteiger partial charge on any atom is 0.338 e. The van der Waals surface area contributed by atoms with Crippen molar-refractivity contribution in [2.75, 3.05) is 38.1 Å². The van der Waals surface area contributed by atoms with Crippen molar-refractivity contribution in [2.24, 2.45) is 0 Å². The number of esters is 1. The molecule has 2 aromatic carbocycles. The van der Waals surface area contributed by atoms with Crippen LogP contribution in [0.4, 0.5) is 5.69 Å². The molecular formula is C22H30N3O2S+. The summed E-state index contributed by atoms with van der Waals surface area (Å²) in [5.74, 6) is -0.290. The Hall–Kier alpha value is -2.44. The van der Waals surface area contributed by atoms with Gasteiger partial charge in [0.25, 0.3) is 0 Å². The lowest BCUT2D eigenvalue weighted by Crippen LogP contribution is -3.11. The average Bonchev–Trinajstić information content (AvgIpc) is 2.72. The van der Waals surface area contributed by atoms with Gasteiger partial charge in [-0.15, -0.1) is 0 Å². The molecule has 3 N–H and O–H groups in total. The third-order valence-electron chi connectivity index (χ3n) is 4.61. The van der Waals surface area contributed by atoms with Crippen molar-refractivity contribution in [1.29, 1.82) is 0 Å². The molecule has 0 aliphatic carbocycles. The van der Waals surface area contributed by atoms with Crippen LogP contribution in [0.2, 0.25) is 0 Å². The van der Waals surface area contributed by atoms with E-state index in [1.165, 1.54) is 10.5 Å². The van der Waals surface area contributed by atoms with Crippen LogP contribution in [0, 0.1) is 0 Å². The Morgan fingerprint density at radius 3 is 2.36 bits per heavy atom. The Kier molecular flexibility index (Phi) is 9.45. The van der Waals surface area contributed by atoms with Gasteiger partial charge in [0.2, 0.25) is 0 Å². The van der Waals surface area contributed by atoms with E-state index in [1.807, 2.05) is 30.3 Å². The van der Waals surface area contributed by atoms with Gasteiger partial charge in [-0.1, -0.05) is 30.3 Å². The van der Waals surface area contributed by atoms with E-state index in [2.05, 4.69) is 36.6 Å². The maximum absolute atomic E-state index is 12.1. The molecule has 0 saturated carbocycles. The fourth-order valence-electron chi connectivity index (χ4n) is 2.80. The van der Waals surface area contributed by atoms with Crippen molar-refractivity contribution in [2.45, 2.75) is 20.3 Å². The highest BCUT2D eigenvalue weighted by Crippen LogP contribution is 2.10. The first kappa shape index (κ1) is 21.9. The van der Waals surface area contributed by atoms with Crippen LogP contribution < -0.4 is 15.5 Å². The Morgan fingerprint density at radius 2 is 1.71 bits per heavy atom. The predicted molar refractivity (Wildman–Crippen MR) is 118 cm³/mol. The lowest BCUT2D eigenvalue weighted by atomic mass is 10.1. The summed E-state index contributed by atoms with van der Waals surface area (Å²) < 4.78 is 5.36. The predicted octanol–water partition coefficient (Wildman–Crippen LogP) is 2.30. The summed E-state index contributed by atoms with van der Waals surface area (Å²) in [4.78, 5) is 13.5. The zero-order chi connectivity index (χ0) is 20.2. The number of thiocarbonyl (C=S) groups is 1. The summed E-state index contributed by atoms with van der Waals surface area (Å²) in [6.45, 7) is 8.36. The molecule has 0 bridgehead atoms. The quantitative estimate of drug-likeness (QED) is 0.422. The lowest BCUT2D eigenvalue weighted by molar-refractivity contribution is -0.896. The van der Waals surface area contributed by atoms with Gasteiger partial charge >= 0.3 is 5.97 Å². The van der Waals surface area contributed by atoms with E-state index in [-0.39, 0.29) is 5.97 Å². The number of carbonyl (C=O) groups excluding carboxylic acids is 1. The van der Waals surface area contributed by atoms with E-state index in [1.54, 1.807) is 12.1 Å². The SMILES string of the molecule is CC[NH+](CC)CCOC(=O)c1ccc(NC(=S)NCCc2ccccc2)cc1. The number of hydrogen-bond donors (Lipinski definition) is 3. The number of carbonyl (C=O) groups is 1. The van der Waals surface area contributed by atoms with Crippen molar-refractivity contribution in [3.05, 3.63) is 65.7 Å². The normalized spacial score (nSPS) is 10.5. The van der Waals surface area contributed by atoms with Crippen LogP contribution in [-0.4, -0.2) is 43.9 Å². The van der Waals surface area contributed by atoms with Crippen molar-refractivity contribution < 1.29 is 14.4 Å². The van der Waals surface area contributed by atoms with E-state index < -0.39 is 0 Å². The summed E-state index contributed by atoms with van der Waals surface area (Å²) in [6, 6.07) is 17.4. The van der Waals surface area contributed by atoms with Crippen LogP contribution in [-0.2, 0) is 11.2 Å². The number of benzene rings is 2. The molecule has 150 valence electrons. The van der Waals surface area contributed by atoms with Gasteiger partial charge in [-0.2, -0.15) is 0 Å². The molecule has 5 nitrogen and oxygen atoms in total. The summed E-state index contributed by atoms with van der Waals surface area (Å²) in [6.07, 6.45) is 0.905. The van der Waals surface area contributed by atoms with E-state index in [0.717, 1.165) is 38.3 Å². The molecular weight excluding hydrogens is 370 g/mol. The number of likely N-dealkylation sites (N-methyl/N-ethyl adjacent to an activating group) is 1. The summed E-state index contributed by atoms with van der Waals surface area (Å²) in [5, 5.41) is 6.89. The molecule has 0 fully saturated rings. The molecule has 0 radical (unpaired) electrons. The highest BCUT2D eigenvalue weighted by atomic mass is 32.1. The number of hydrogen-bond acceptors (Lipinski definition) is 3. The van der Waals surface area contributed by atoms with Crippen LogP contribution in [0.1, 0.15) is 29.8 Å². The molecule has 0 amide bonds. The number of nitrogens with one attached hydrogen (secondary N) is 3. The minimum Gasteiger partial charge on any atom is -0.456 e. The van der Waals surface area contributed by atoms with Crippen LogP contribution in [0.15, 0.2) is 54.6 Å². The molecule has 0 aromatic heterocycles. The molecule has 0 spiro atoms. The summed E-state index contributed by atoms with van der Waals surface area (Å²) in [7, 11) is 0. The third-order valence-corrected chi connectivity index (χ3v) is 4.86. The topological polar surface area (TPSA) is 54.8 Å². The molecule has 0 heterocycles.